The molecule has 2 aliphatic carbocycles. The first-order chi connectivity index (χ1) is 32.6. The molecule has 4 N–H and O–H groups in total. The number of likely N-dealkylation sites (tertiary alicyclic amines) is 2. The molecule has 4 aromatic carbocycles. The van der Waals surface area contributed by atoms with Crippen LogP contribution < -0.4 is 21.3 Å². The van der Waals surface area contributed by atoms with Gasteiger partial charge in [-0.1, -0.05) is 89.2 Å². The minimum atomic E-state index is -1.01. The van der Waals surface area contributed by atoms with E-state index in [1.54, 1.807) is 34.1 Å². The molecule has 0 spiro atoms. The standard InChI is InChI=1S/C54H64N6O8/c1-8-39(57-51(65)67-6)49(63)59-28-14-22-40(59)47(61)55-35-20-12-18-33(30-35)42-37-24-26-54(4,5)45(37)43(38-25-27-53(2,3)44(38)42)34-19-13-21-36(31-34)56-48(62)41-23-15-29-60(41)50(64)46(58-52(66)68-7)32-16-10-9-11-17-32/h9-13,16-21,30-31,39-41,46H,8,14-15,22-29H2,1-7H3,(H,55,61)(H,56,62)(H,57,65)(H,58,66)/t39?,40-,41-,46+/m0/s1. The number of carbonyl (C=O) groups is 6. The summed E-state index contributed by atoms with van der Waals surface area (Å²) in [6.07, 6.45) is 4.92. The Bertz CT molecular complexity index is 2630. The van der Waals surface area contributed by atoms with E-state index >= 15 is 0 Å². The maximum Gasteiger partial charge on any atom is 0.407 e. The number of amides is 6. The topological polar surface area (TPSA) is 175 Å². The van der Waals surface area contributed by atoms with Crippen molar-refractivity contribution in [2.24, 2.45) is 0 Å². The van der Waals surface area contributed by atoms with Gasteiger partial charge in [0, 0.05) is 24.5 Å². The summed E-state index contributed by atoms with van der Waals surface area (Å²) >= 11 is 0. The second-order valence-electron chi connectivity index (χ2n) is 19.8. The van der Waals surface area contributed by atoms with Crippen LogP contribution in [0.25, 0.3) is 22.3 Å². The lowest BCUT2D eigenvalue weighted by atomic mass is 9.73. The summed E-state index contributed by atoms with van der Waals surface area (Å²) in [7, 11) is 2.50. The number of hydrogen-bond donors (Lipinski definition) is 4. The van der Waals surface area contributed by atoms with Crippen molar-refractivity contribution in [2.45, 2.75) is 127 Å². The van der Waals surface area contributed by atoms with E-state index in [9.17, 15) is 28.8 Å². The third-order valence-corrected chi connectivity index (χ3v) is 14.6. The van der Waals surface area contributed by atoms with Gasteiger partial charge in [-0.25, -0.2) is 9.59 Å². The smallest absolute Gasteiger partial charge is 0.407 e. The van der Waals surface area contributed by atoms with Gasteiger partial charge in [0.15, 0.2) is 0 Å². The predicted octanol–water partition coefficient (Wildman–Crippen LogP) is 8.56. The Morgan fingerprint density at radius 3 is 1.57 bits per heavy atom. The quantitative estimate of drug-likeness (QED) is 0.109. The van der Waals surface area contributed by atoms with Gasteiger partial charge < -0.3 is 40.5 Å². The number of methoxy groups -OCH3 is 2. The highest BCUT2D eigenvalue weighted by atomic mass is 16.5. The molecule has 4 aromatic rings. The molecule has 0 saturated carbocycles. The first kappa shape index (κ1) is 47.8. The lowest BCUT2D eigenvalue weighted by Crippen LogP contribution is -2.52. The monoisotopic (exact) mass is 924 g/mol. The molecule has 2 saturated heterocycles. The molecule has 358 valence electrons. The van der Waals surface area contributed by atoms with Gasteiger partial charge in [-0.05, 0) is 143 Å². The van der Waals surface area contributed by atoms with Crippen molar-refractivity contribution < 1.29 is 38.2 Å². The van der Waals surface area contributed by atoms with Crippen LogP contribution in [0.2, 0.25) is 0 Å². The number of rotatable bonds is 12. The molecule has 8 rings (SSSR count). The number of nitrogens with zero attached hydrogens (tertiary/aromatic N) is 2. The maximum atomic E-state index is 14.2. The predicted molar refractivity (Wildman–Crippen MR) is 261 cm³/mol. The zero-order chi connectivity index (χ0) is 48.5. The van der Waals surface area contributed by atoms with Gasteiger partial charge in [0.2, 0.25) is 17.7 Å². The van der Waals surface area contributed by atoms with E-state index in [0.29, 0.717) is 62.1 Å². The van der Waals surface area contributed by atoms with Crippen LogP contribution in [-0.4, -0.2) is 91.0 Å². The molecule has 4 aliphatic rings. The Morgan fingerprint density at radius 1 is 0.632 bits per heavy atom. The number of nitrogens with one attached hydrogen (secondary N) is 4. The molecule has 6 amide bonds. The summed E-state index contributed by atoms with van der Waals surface area (Å²) in [6, 6.07) is 21.9. The summed E-state index contributed by atoms with van der Waals surface area (Å²) in [5.41, 5.74) is 11.2. The molecule has 14 nitrogen and oxygen atoms in total. The molecular weight excluding hydrogens is 861 g/mol. The van der Waals surface area contributed by atoms with Crippen LogP contribution in [0.4, 0.5) is 21.0 Å². The SMILES string of the molecule is CCC(NC(=O)OC)C(=O)N1CCC[C@H]1C(=O)Nc1cccc(-c2c3c(c(-c4cccc(NC(=O)[C@@H]5CCCN5C(=O)[C@H](NC(=O)OC)c5ccccc5)c4)c4c2C(C)(C)CC4)C(C)(C)CC3)c1. The fourth-order valence-corrected chi connectivity index (χ4v) is 11.2. The Morgan fingerprint density at radius 2 is 1.10 bits per heavy atom. The lowest BCUT2D eigenvalue weighted by molar-refractivity contribution is -0.138. The molecule has 2 heterocycles. The number of alkyl carbamates (subject to hydrolysis) is 2. The maximum absolute atomic E-state index is 14.2. The Labute approximate surface area is 398 Å². The van der Waals surface area contributed by atoms with E-state index in [1.807, 2.05) is 37.3 Å². The van der Waals surface area contributed by atoms with Crippen LogP contribution in [0, 0.1) is 0 Å². The van der Waals surface area contributed by atoms with Crippen LogP contribution in [0.15, 0.2) is 78.9 Å². The molecule has 4 atom stereocenters. The van der Waals surface area contributed by atoms with Crippen molar-refractivity contribution >= 4 is 47.2 Å². The molecule has 0 radical (unpaired) electrons. The zero-order valence-corrected chi connectivity index (χ0v) is 40.3. The van der Waals surface area contributed by atoms with Gasteiger partial charge in [-0.2, -0.15) is 0 Å². The molecule has 14 heteroatoms. The van der Waals surface area contributed by atoms with Gasteiger partial charge in [0.25, 0.3) is 5.91 Å². The average Bonchev–Trinajstić information content (AvgIpc) is 4.15. The molecule has 0 bridgehead atoms. The van der Waals surface area contributed by atoms with Crippen molar-refractivity contribution in [3.8, 4) is 22.3 Å². The summed E-state index contributed by atoms with van der Waals surface area (Å²) in [4.78, 5) is 83.4. The molecule has 1 unspecified atom stereocenters. The van der Waals surface area contributed by atoms with E-state index in [2.05, 4.69) is 73.2 Å². The Kier molecular flexibility index (Phi) is 13.7. The van der Waals surface area contributed by atoms with Gasteiger partial charge in [0.1, 0.15) is 24.2 Å². The number of anilines is 2. The van der Waals surface area contributed by atoms with E-state index < -0.39 is 36.4 Å². The summed E-state index contributed by atoms with van der Waals surface area (Å²) < 4.78 is 9.59. The lowest BCUT2D eigenvalue weighted by Gasteiger charge is -2.31. The van der Waals surface area contributed by atoms with Gasteiger partial charge >= 0.3 is 12.2 Å². The summed E-state index contributed by atoms with van der Waals surface area (Å²) in [5, 5.41) is 11.6. The van der Waals surface area contributed by atoms with E-state index in [0.717, 1.165) is 36.8 Å². The highest BCUT2D eigenvalue weighted by molar-refractivity contribution is 6.01. The van der Waals surface area contributed by atoms with Crippen molar-refractivity contribution in [1.82, 2.24) is 20.4 Å². The molecular formula is C54H64N6O8. The highest BCUT2D eigenvalue weighted by Crippen LogP contribution is 2.56. The van der Waals surface area contributed by atoms with Crippen molar-refractivity contribution in [1.29, 1.82) is 0 Å². The number of ether oxygens (including phenoxy) is 2. The Balaban J connectivity index is 1.09. The Hall–Kier alpha value is -6.70. The second-order valence-corrected chi connectivity index (χ2v) is 19.8. The van der Waals surface area contributed by atoms with Crippen LogP contribution in [-0.2, 0) is 52.3 Å². The fraction of sp³-hybridized carbons (Fsp3) is 0.444. The molecule has 2 fully saturated rings. The van der Waals surface area contributed by atoms with E-state index in [-0.39, 0.29) is 34.5 Å². The highest BCUT2D eigenvalue weighted by Gasteiger charge is 2.44. The van der Waals surface area contributed by atoms with Gasteiger partial charge in [-0.3, -0.25) is 19.2 Å². The molecule has 0 aromatic heterocycles. The molecule has 68 heavy (non-hydrogen) atoms. The summed E-state index contributed by atoms with van der Waals surface area (Å²) in [5.74, 6) is -1.23. The van der Waals surface area contributed by atoms with Gasteiger partial charge in [-0.15, -0.1) is 0 Å². The van der Waals surface area contributed by atoms with E-state index in [4.69, 9.17) is 9.47 Å². The minimum absolute atomic E-state index is 0.163. The number of carbonyl (C=O) groups excluding carboxylic acids is 6. The zero-order valence-electron chi connectivity index (χ0n) is 40.3. The first-order valence-electron chi connectivity index (χ1n) is 24.0. The summed E-state index contributed by atoms with van der Waals surface area (Å²) in [6.45, 7) is 11.8. The van der Waals surface area contributed by atoms with Crippen LogP contribution >= 0.6 is 0 Å². The van der Waals surface area contributed by atoms with Crippen molar-refractivity contribution in [3.63, 3.8) is 0 Å². The van der Waals surface area contributed by atoms with E-state index in [1.165, 1.54) is 47.6 Å². The number of fused-ring (bicyclic) bond motifs is 2. The second kappa shape index (κ2) is 19.5. The number of benzene rings is 4. The average molecular weight is 925 g/mol. The van der Waals surface area contributed by atoms with Crippen LogP contribution in [0.5, 0.6) is 0 Å². The minimum Gasteiger partial charge on any atom is -0.453 e. The largest absolute Gasteiger partial charge is 0.453 e. The van der Waals surface area contributed by atoms with Crippen LogP contribution in [0.1, 0.15) is 113 Å². The number of hydrogen-bond acceptors (Lipinski definition) is 8. The van der Waals surface area contributed by atoms with Crippen molar-refractivity contribution in [3.05, 3.63) is 107 Å². The third kappa shape index (κ3) is 9.29. The normalized spacial score (nSPS) is 19.6. The van der Waals surface area contributed by atoms with Crippen LogP contribution in [0.3, 0.4) is 0 Å². The van der Waals surface area contributed by atoms with Gasteiger partial charge in [0.05, 0.1) is 14.2 Å². The van der Waals surface area contributed by atoms with Crippen molar-refractivity contribution in [2.75, 3.05) is 37.9 Å². The third-order valence-electron chi connectivity index (χ3n) is 14.6. The molecule has 2 aliphatic heterocycles. The fourth-order valence-electron chi connectivity index (χ4n) is 11.2. The first-order valence-corrected chi connectivity index (χ1v) is 24.0.